The summed E-state index contributed by atoms with van der Waals surface area (Å²) in [6.45, 7) is 3.11. The van der Waals surface area contributed by atoms with E-state index >= 15 is 0 Å². The molecule has 5 nitrogen and oxygen atoms in total. The number of nitrogens with one attached hydrogen (secondary N) is 1. The first-order chi connectivity index (χ1) is 14.4. The molecular formula is C22H24ClNO4S2. The number of anilines is 1. The summed E-state index contributed by atoms with van der Waals surface area (Å²) in [7, 11) is 0. The molecule has 1 aliphatic rings. The van der Waals surface area contributed by atoms with Crippen LogP contribution in [0.2, 0.25) is 5.02 Å². The molecule has 1 N–H and O–H groups in total. The Balaban J connectivity index is 1.42. The summed E-state index contributed by atoms with van der Waals surface area (Å²) in [5, 5.41) is 3.13. The number of carbonyl (C=O) groups excluding carboxylic acids is 2. The lowest BCUT2D eigenvalue weighted by atomic mass is 10.1. The zero-order chi connectivity index (χ0) is 21.5. The quantitative estimate of drug-likeness (QED) is 0.553. The molecule has 1 amide bonds. The van der Waals surface area contributed by atoms with Crippen molar-refractivity contribution in [3.63, 3.8) is 0 Å². The van der Waals surface area contributed by atoms with Gasteiger partial charge in [0.2, 0.25) is 0 Å². The van der Waals surface area contributed by atoms with E-state index in [1.54, 1.807) is 6.07 Å². The van der Waals surface area contributed by atoms with E-state index in [2.05, 4.69) is 5.32 Å². The van der Waals surface area contributed by atoms with Crippen molar-refractivity contribution in [2.45, 2.75) is 24.9 Å². The first-order valence-electron chi connectivity index (χ1n) is 9.60. The van der Waals surface area contributed by atoms with Crippen LogP contribution in [0.15, 0.2) is 36.4 Å². The summed E-state index contributed by atoms with van der Waals surface area (Å²) in [6.07, 6.45) is 1.25. The van der Waals surface area contributed by atoms with Gasteiger partial charge in [0, 0.05) is 0 Å². The Morgan fingerprint density at radius 3 is 2.47 bits per heavy atom. The molecule has 8 heteroatoms. The summed E-state index contributed by atoms with van der Waals surface area (Å²) >= 11 is 10.1. The zero-order valence-corrected chi connectivity index (χ0v) is 19.3. The van der Waals surface area contributed by atoms with Gasteiger partial charge in [0.1, 0.15) is 5.75 Å². The third kappa shape index (κ3) is 6.59. The first-order valence-corrected chi connectivity index (χ1v) is 12.1. The van der Waals surface area contributed by atoms with E-state index in [4.69, 9.17) is 21.1 Å². The van der Waals surface area contributed by atoms with E-state index in [0.717, 1.165) is 11.1 Å². The Morgan fingerprint density at radius 2 is 1.80 bits per heavy atom. The molecule has 1 heterocycles. The fourth-order valence-electron chi connectivity index (χ4n) is 2.98. The lowest BCUT2D eigenvalue weighted by Gasteiger charge is -2.21. The van der Waals surface area contributed by atoms with Crippen molar-refractivity contribution in [2.24, 2.45) is 0 Å². The number of hydrogen-bond donors (Lipinski definition) is 1. The second-order valence-corrected chi connectivity index (χ2v) is 10.1. The summed E-state index contributed by atoms with van der Waals surface area (Å²) < 4.78 is 10.9. The van der Waals surface area contributed by atoms with Crippen LogP contribution in [-0.4, -0.2) is 36.6 Å². The average molecular weight is 466 g/mol. The van der Waals surface area contributed by atoms with Crippen LogP contribution in [0.25, 0.3) is 0 Å². The van der Waals surface area contributed by atoms with Crippen molar-refractivity contribution < 1.29 is 19.1 Å². The highest BCUT2D eigenvalue weighted by Crippen LogP contribution is 2.43. The Kier molecular flexibility index (Phi) is 8.36. The van der Waals surface area contributed by atoms with Crippen LogP contribution >= 0.6 is 35.1 Å². The van der Waals surface area contributed by atoms with Crippen LogP contribution in [0.1, 0.15) is 27.7 Å². The summed E-state index contributed by atoms with van der Waals surface area (Å²) in [4.78, 5) is 24.0. The highest BCUT2D eigenvalue weighted by Gasteiger charge is 2.17. The fraction of sp³-hybridized carbons (Fsp3) is 0.364. The molecule has 2 aromatic rings. The lowest BCUT2D eigenvalue weighted by Crippen LogP contribution is -2.24. The van der Waals surface area contributed by atoms with Crippen molar-refractivity contribution in [1.82, 2.24) is 0 Å². The number of esters is 1. The second kappa shape index (κ2) is 11.0. The normalized spacial score (nSPS) is 14.2. The van der Waals surface area contributed by atoms with Gasteiger partial charge in [0.05, 0.1) is 15.3 Å². The Bertz CT molecular complexity index is 876. The van der Waals surface area contributed by atoms with Gasteiger partial charge in [-0.2, -0.15) is 0 Å². The highest BCUT2D eigenvalue weighted by atomic mass is 35.5. The molecule has 1 fully saturated rings. The Labute approximate surface area is 190 Å². The average Bonchev–Trinajstić information content (AvgIpc) is 2.74. The van der Waals surface area contributed by atoms with Gasteiger partial charge in [-0.3, -0.25) is 4.79 Å². The number of aryl methyl sites for hydroxylation is 2. The summed E-state index contributed by atoms with van der Waals surface area (Å²) in [5.74, 6) is 1.90. The number of amides is 1. The largest absolute Gasteiger partial charge is 0.482 e. The predicted molar refractivity (Wildman–Crippen MR) is 125 cm³/mol. The third-order valence-electron chi connectivity index (χ3n) is 4.40. The van der Waals surface area contributed by atoms with Crippen molar-refractivity contribution in [3.8, 4) is 5.75 Å². The number of thioether (sulfide) groups is 2. The maximum atomic E-state index is 12.1. The number of hydrogen-bond acceptors (Lipinski definition) is 6. The van der Waals surface area contributed by atoms with Gasteiger partial charge in [-0.05, 0) is 66.7 Å². The molecule has 3 rings (SSSR count). The molecule has 0 spiro atoms. The molecule has 1 saturated heterocycles. The van der Waals surface area contributed by atoms with Crippen LogP contribution in [0.3, 0.4) is 0 Å². The van der Waals surface area contributed by atoms with E-state index in [1.807, 2.05) is 67.7 Å². The smallest absolute Gasteiger partial charge is 0.344 e. The molecular weight excluding hydrogens is 442 g/mol. The molecule has 0 atom stereocenters. The second-order valence-electron chi connectivity index (χ2n) is 6.93. The molecule has 160 valence electrons. The van der Waals surface area contributed by atoms with Crippen LogP contribution < -0.4 is 10.1 Å². The molecule has 0 aromatic heterocycles. The highest BCUT2D eigenvalue weighted by molar-refractivity contribution is 8.16. The molecule has 0 bridgehead atoms. The number of benzene rings is 2. The van der Waals surface area contributed by atoms with Crippen molar-refractivity contribution >= 4 is 52.7 Å². The summed E-state index contributed by atoms with van der Waals surface area (Å²) in [6, 6.07) is 11.4. The number of rotatable bonds is 7. The van der Waals surface area contributed by atoms with E-state index in [-0.39, 0.29) is 6.61 Å². The van der Waals surface area contributed by atoms with E-state index < -0.39 is 18.5 Å². The maximum Gasteiger partial charge on any atom is 0.344 e. The molecule has 30 heavy (non-hydrogen) atoms. The van der Waals surface area contributed by atoms with Gasteiger partial charge in [-0.25, -0.2) is 4.79 Å². The molecule has 2 aromatic carbocycles. The van der Waals surface area contributed by atoms with Crippen molar-refractivity contribution in [2.75, 3.05) is 30.0 Å². The third-order valence-corrected chi connectivity index (χ3v) is 7.71. The summed E-state index contributed by atoms with van der Waals surface area (Å²) in [5.41, 5.74) is 3.62. The van der Waals surface area contributed by atoms with E-state index in [0.29, 0.717) is 21.0 Å². The van der Waals surface area contributed by atoms with Gasteiger partial charge in [0.15, 0.2) is 13.2 Å². The molecule has 1 aliphatic heterocycles. The number of carbonyl (C=O) groups is 2. The lowest BCUT2D eigenvalue weighted by molar-refractivity contribution is -0.149. The molecule has 0 unspecified atom stereocenters. The monoisotopic (exact) mass is 465 g/mol. The number of ether oxygens (including phenoxy) is 2. The van der Waals surface area contributed by atoms with Crippen LogP contribution in [0.4, 0.5) is 5.69 Å². The van der Waals surface area contributed by atoms with Crippen molar-refractivity contribution in [3.05, 3.63) is 58.1 Å². The van der Waals surface area contributed by atoms with Gasteiger partial charge in [-0.1, -0.05) is 29.8 Å². The van der Waals surface area contributed by atoms with Crippen LogP contribution in [0.5, 0.6) is 5.75 Å². The van der Waals surface area contributed by atoms with Crippen LogP contribution in [0, 0.1) is 13.8 Å². The van der Waals surface area contributed by atoms with Gasteiger partial charge in [0.25, 0.3) is 5.91 Å². The van der Waals surface area contributed by atoms with Gasteiger partial charge < -0.3 is 14.8 Å². The van der Waals surface area contributed by atoms with E-state index in [9.17, 15) is 9.59 Å². The van der Waals surface area contributed by atoms with Crippen molar-refractivity contribution in [1.29, 1.82) is 0 Å². The van der Waals surface area contributed by atoms with Crippen LogP contribution in [-0.2, 0) is 14.3 Å². The molecule has 0 aliphatic carbocycles. The number of halogens is 1. The van der Waals surface area contributed by atoms with E-state index in [1.165, 1.54) is 23.5 Å². The topological polar surface area (TPSA) is 64.6 Å². The Hall–Kier alpha value is -1.83. The molecule has 0 radical (unpaired) electrons. The van der Waals surface area contributed by atoms with Gasteiger partial charge in [-0.15, -0.1) is 23.5 Å². The SMILES string of the molecule is Cc1cc(C)c(NC(=O)COC(=O)COc2ccc(C3SCCCS3)cc2)c(Cl)c1. The minimum absolute atomic E-state index is 0.260. The molecule has 0 saturated carbocycles. The standard InChI is InChI=1S/C22H24ClNO4S2/c1-14-10-15(2)21(18(23)11-14)24-19(25)12-28-20(26)13-27-17-6-4-16(5-7-17)22-29-8-3-9-30-22/h4-7,10-11,22H,3,8-9,12-13H2,1-2H3,(H,24,25). The minimum Gasteiger partial charge on any atom is -0.482 e. The predicted octanol–water partition coefficient (Wildman–Crippen LogP) is 5.39. The van der Waals surface area contributed by atoms with Gasteiger partial charge >= 0.3 is 5.97 Å². The minimum atomic E-state index is -0.612. The first kappa shape index (κ1) is 22.8. The maximum absolute atomic E-state index is 12.1. The zero-order valence-electron chi connectivity index (χ0n) is 16.9. The Morgan fingerprint density at radius 1 is 1.10 bits per heavy atom. The fourth-order valence-corrected chi connectivity index (χ4v) is 6.24.